The molecule has 0 atom stereocenters. The fourth-order valence-electron chi connectivity index (χ4n) is 1.94. The molecule has 2 rings (SSSR count). The molecule has 0 aliphatic heterocycles. The van der Waals surface area contributed by atoms with E-state index in [0.29, 0.717) is 0 Å². The summed E-state index contributed by atoms with van der Waals surface area (Å²) in [5.41, 5.74) is 2.61. The summed E-state index contributed by atoms with van der Waals surface area (Å²) in [5, 5.41) is 3.62. The van der Waals surface area contributed by atoms with Crippen molar-refractivity contribution in [2.45, 2.75) is 31.7 Å². The van der Waals surface area contributed by atoms with Crippen LogP contribution in [-0.4, -0.2) is 6.54 Å². The zero-order valence-electron chi connectivity index (χ0n) is 9.22. The molecule has 0 radical (unpaired) electrons. The number of hydrogen-bond acceptors (Lipinski definition) is 1. The van der Waals surface area contributed by atoms with Crippen LogP contribution in [0.4, 0.5) is 0 Å². The van der Waals surface area contributed by atoms with Crippen LogP contribution in [-0.2, 0) is 5.54 Å². The highest BCUT2D eigenvalue weighted by Gasteiger charge is 2.43. The minimum Gasteiger partial charge on any atom is -0.307 e. The third-order valence-corrected chi connectivity index (χ3v) is 3.07. The first kappa shape index (κ1) is 10.3. The van der Waals surface area contributed by atoms with Crippen molar-refractivity contribution in [3.8, 4) is 12.3 Å². The van der Waals surface area contributed by atoms with Crippen molar-refractivity contribution in [3.63, 3.8) is 0 Å². The van der Waals surface area contributed by atoms with E-state index < -0.39 is 0 Å². The molecule has 1 aromatic rings. The molecule has 1 heteroatoms. The van der Waals surface area contributed by atoms with Gasteiger partial charge in [0, 0.05) is 11.1 Å². The maximum atomic E-state index is 5.34. The summed E-state index contributed by atoms with van der Waals surface area (Å²) in [6.07, 6.45) is 9.03. The third-order valence-electron chi connectivity index (χ3n) is 3.07. The van der Waals surface area contributed by atoms with Gasteiger partial charge in [0.15, 0.2) is 0 Å². The highest BCUT2D eigenvalue weighted by molar-refractivity contribution is 5.38. The Morgan fingerprint density at radius 3 is 2.47 bits per heavy atom. The van der Waals surface area contributed by atoms with E-state index >= 15 is 0 Å². The van der Waals surface area contributed by atoms with Gasteiger partial charge in [-0.25, -0.2) is 0 Å². The van der Waals surface area contributed by atoms with Crippen molar-refractivity contribution in [3.05, 3.63) is 35.4 Å². The third kappa shape index (κ3) is 2.06. The van der Waals surface area contributed by atoms with Crippen LogP contribution in [0.1, 0.15) is 37.3 Å². The summed E-state index contributed by atoms with van der Waals surface area (Å²) >= 11 is 0. The number of nitrogens with one attached hydrogen (secondary N) is 1. The zero-order valence-corrected chi connectivity index (χ0v) is 9.22. The summed E-state index contributed by atoms with van der Waals surface area (Å²) in [6, 6.07) is 8.38. The lowest BCUT2D eigenvalue weighted by Gasteiger charge is -2.17. The first-order chi connectivity index (χ1) is 7.30. The molecule has 1 aliphatic carbocycles. The molecule has 1 aliphatic rings. The Labute approximate surface area is 91.9 Å². The van der Waals surface area contributed by atoms with Crippen LogP contribution in [0.5, 0.6) is 0 Å². The van der Waals surface area contributed by atoms with E-state index in [1.165, 1.54) is 24.8 Å². The molecule has 1 N–H and O–H groups in total. The fourth-order valence-corrected chi connectivity index (χ4v) is 1.94. The van der Waals surface area contributed by atoms with Gasteiger partial charge in [0.05, 0.1) is 0 Å². The molecule has 78 valence electrons. The molecule has 1 aromatic carbocycles. The van der Waals surface area contributed by atoms with Crippen LogP contribution >= 0.6 is 0 Å². The van der Waals surface area contributed by atoms with E-state index in [-0.39, 0.29) is 5.54 Å². The van der Waals surface area contributed by atoms with Crippen molar-refractivity contribution in [1.82, 2.24) is 5.32 Å². The van der Waals surface area contributed by atoms with E-state index in [1.807, 2.05) is 12.1 Å². The molecule has 1 saturated carbocycles. The maximum Gasteiger partial charge on any atom is 0.0436 e. The van der Waals surface area contributed by atoms with Gasteiger partial charge < -0.3 is 5.32 Å². The summed E-state index contributed by atoms with van der Waals surface area (Å²) in [4.78, 5) is 0. The second-order valence-corrected chi connectivity index (χ2v) is 4.23. The van der Waals surface area contributed by atoms with Gasteiger partial charge in [-0.3, -0.25) is 0 Å². The van der Waals surface area contributed by atoms with E-state index in [1.54, 1.807) is 0 Å². The van der Waals surface area contributed by atoms with Crippen molar-refractivity contribution in [1.29, 1.82) is 0 Å². The second-order valence-electron chi connectivity index (χ2n) is 4.23. The standard InChI is InChI=1S/C14H17N/c1-3-11-15-14(9-10-14)13-7-5-12(4-2)6-8-13/h2,5-8,15H,3,9-11H2,1H3. The molecular formula is C14H17N. The van der Waals surface area contributed by atoms with E-state index in [2.05, 4.69) is 30.3 Å². The largest absolute Gasteiger partial charge is 0.307 e. The molecule has 0 saturated heterocycles. The van der Waals surface area contributed by atoms with Crippen LogP contribution < -0.4 is 5.32 Å². The molecule has 0 amide bonds. The lowest BCUT2D eigenvalue weighted by atomic mass is 10.0. The van der Waals surface area contributed by atoms with Crippen LogP contribution in [0.25, 0.3) is 0 Å². The molecule has 0 unspecified atom stereocenters. The normalized spacial score (nSPS) is 17.1. The Hall–Kier alpha value is -1.26. The van der Waals surface area contributed by atoms with Gasteiger partial charge in [0.2, 0.25) is 0 Å². The highest BCUT2D eigenvalue weighted by atomic mass is 15.0. The number of rotatable bonds is 4. The SMILES string of the molecule is C#Cc1ccc(C2(NCCC)CC2)cc1. The minimum absolute atomic E-state index is 0.267. The molecule has 0 bridgehead atoms. The number of hydrogen-bond donors (Lipinski definition) is 1. The molecule has 1 nitrogen and oxygen atoms in total. The second kappa shape index (κ2) is 4.08. The Bertz CT molecular complexity index is 365. The quantitative estimate of drug-likeness (QED) is 0.735. The first-order valence-electron chi connectivity index (χ1n) is 5.63. The molecule has 15 heavy (non-hydrogen) atoms. The topological polar surface area (TPSA) is 12.0 Å². The lowest BCUT2D eigenvalue weighted by molar-refractivity contribution is 0.518. The van der Waals surface area contributed by atoms with Crippen LogP contribution in [0.2, 0.25) is 0 Å². The fraction of sp³-hybridized carbons (Fsp3) is 0.429. The van der Waals surface area contributed by atoms with E-state index in [0.717, 1.165) is 12.1 Å². The zero-order chi connectivity index (χ0) is 10.7. The average molecular weight is 199 g/mol. The minimum atomic E-state index is 0.267. The number of terminal acetylenes is 1. The van der Waals surface area contributed by atoms with Gasteiger partial charge in [-0.05, 0) is 43.5 Å². The van der Waals surface area contributed by atoms with Crippen molar-refractivity contribution >= 4 is 0 Å². The average Bonchev–Trinajstić information content (AvgIpc) is 3.08. The Morgan fingerprint density at radius 2 is 2.00 bits per heavy atom. The van der Waals surface area contributed by atoms with Gasteiger partial charge in [0.25, 0.3) is 0 Å². The first-order valence-corrected chi connectivity index (χ1v) is 5.63. The van der Waals surface area contributed by atoms with Gasteiger partial charge in [-0.2, -0.15) is 0 Å². The highest BCUT2D eigenvalue weighted by Crippen LogP contribution is 2.45. The predicted octanol–water partition coefficient (Wildman–Crippen LogP) is 2.66. The van der Waals surface area contributed by atoms with Crippen molar-refractivity contribution < 1.29 is 0 Å². The van der Waals surface area contributed by atoms with Gasteiger partial charge >= 0.3 is 0 Å². The van der Waals surface area contributed by atoms with Crippen molar-refractivity contribution in [2.75, 3.05) is 6.54 Å². The van der Waals surface area contributed by atoms with Gasteiger partial charge in [-0.1, -0.05) is 25.0 Å². The molecule has 0 aromatic heterocycles. The van der Waals surface area contributed by atoms with E-state index in [4.69, 9.17) is 6.42 Å². The molecule has 1 fully saturated rings. The predicted molar refractivity (Wildman–Crippen MR) is 63.6 cm³/mol. The summed E-state index contributed by atoms with van der Waals surface area (Å²) in [7, 11) is 0. The molecule has 0 heterocycles. The monoisotopic (exact) mass is 199 g/mol. The Kier molecular flexibility index (Phi) is 2.79. The summed E-state index contributed by atoms with van der Waals surface area (Å²) in [5.74, 6) is 2.65. The smallest absolute Gasteiger partial charge is 0.0436 e. The van der Waals surface area contributed by atoms with Gasteiger partial charge in [-0.15, -0.1) is 6.42 Å². The lowest BCUT2D eigenvalue weighted by Crippen LogP contribution is -2.29. The van der Waals surface area contributed by atoms with Gasteiger partial charge in [0.1, 0.15) is 0 Å². The maximum absolute atomic E-state index is 5.34. The molecular weight excluding hydrogens is 182 g/mol. The van der Waals surface area contributed by atoms with Crippen LogP contribution in [0, 0.1) is 12.3 Å². The van der Waals surface area contributed by atoms with Crippen LogP contribution in [0.15, 0.2) is 24.3 Å². The van der Waals surface area contributed by atoms with Crippen LogP contribution in [0.3, 0.4) is 0 Å². The van der Waals surface area contributed by atoms with E-state index in [9.17, 15) is 0 Å². The Morgan fingerprint density at radius 1 is 1.33 bits per heavy atom. The summed E-state index contributed by atoms with van der Waals surface area (Å²) < 4.78 is 0. The summed E-state index contributed by atoms with van der Waals surface area (Å²) in [6.45, 7) is 3.29. The molecule has 0 spiro atoms. The Balaban J connectivity index is 2.12. The number of benzene rings is 1. The van der Waals surface area contributed by atoms with Crippen molar-refractivity contribution in [2.24, 2.45) is 0 Å².